The number of aromatic nitrogens is 2. The van der Waals surface area contributed by atoms with Crippen LogP contribution in [0, 0.1) is 5.92 Å². The molecule has 1 aliphatic carbocycles. The van der Waals surface area contributed by atoms with Gasteiger partial charge in [0.2, 0.25) is 5.91 Å². The van der Waals surface area contributed by atoms with E-state index in [2.05, 4.69) is 20.0 Å². The van der Waals surface area contributed by atoms with Crippen LogP contribution in [0.4, 0.5) is 11.5 Å². The summed E-state index contributed by atoms with van der Waals surface area (Å²) in [7, 11) is -3.82. The molecule has 35 heavy (non-hydrogen) atoms. The molecule has 9 nitrogen and oxygen atoms in total. The molecule has 10 heteroatoms. The average Bonchev–Trinajstić information content (AvgIpc) is 3.61. The van der Waals surface area contributed by atoms with Crippen LogP contribution >= 0.6 is 0 Å². The smallest absolute Gasteiger partial charge is 0.262 e. The normalized spacial score (nSPS) is 15.1. The predicted octanol–water partition coefficient (Wildman–Crippen LogP) is 4.15. The quantitative estimate of drug-likeness (QED) is 0.373. The highest BCUT2D eigenvalue weighted by atomic mass is 32.2. The van der Waals surface area contributed by atoms with Crippen molar-refractivity contribution in [2.24, 2.45) is 5.92 Å². The minimum absolute atomic E-state index is 0.0155. The monoisotopic (exact) mass is 490 g/mol. The topological polar surface area (TPSA) is 122 Å². The fourth-order valence-electron chi connectivity index (χ4n) is 4.04. The molecule has 4 aromatic rings. The molecule has 2 aliphatic rings. The molecule has 0 saturated heterocycles. The minimum Gasteiger partial charge on any atom is -0.486 e. The molecule has 6 rings (SSSR count). The highest BCUT2D eigenvalue weighted by molar-refractivity contribution is 7.92. The first kappa shape index (κ1) is 21.5. The standard InChI is InChI=1S/C25H22N4O5S/c30-25(16-1-2-16)28-23-14-20(19-9-10-26-24(19)27-23)15-3-5-17(6-4-15)29-35(31,32)18-7-8-21-22(13-18)34-12-11-33-21/h3-10,13-14,16,29H,1-2,11-12H2,(H2,26,27,28,30). The number of amides is 1. The van der Waals surface area contributed by atoms with E-state index in [0.717, 1.165) is 29.4 Å². The molecule has 0 radical (unpaired) electrons. The van der Waals surface area contributed by atoms with Crippen LogP contribution in [0.5, 0.6) is 11.5 Å². The van der Waals surface area contributed by atoms with E-state index in [1.807, 2.05) is 24.3 Å². The van der Waals surface area contributed by atoms with Gasteiger partial charge in [-0.2, -0.15) is 0 Å². The lowest BCUT2D eigenvalue weighted by molar-refractivity contribution is -0.117. The third kappa shape index (κ3) is 4.28. The Morgan fingerprint density at radius 3 is 2.51 bits per heavy atom. The van der Waals surface area contributed by atoms with Crippen molar-refractivity contribution in [1.29, 1.82) is 0 Å². The minimum atomic E-state index is -3.82. The third-order valence-corrected chi connectivity index (χ3v) is 7.38. The molecule has 178 valence electrons. The number of carbonyl (C=O) groups is 1. The maximum Gasteiger partial charge on any atom is 0.262 e. The number of hydrogen-bond acceptors (Lipinski definition) is 6. The molecular formula is C25H22N4O5S. The second-order valence-electron chi connectivity index (χ2n) is 8.55. The summed E-state index contributed by atoms with van der Waals surface area (Å²) in [6, 6.07) is 15.4. The molecule has 2 aromatic carbocycles. The number of sulfonamides is 1. The summed E-state index contributed by atoms with van der Waals surface area (Å²) >= 11 is 0. The van der Waals surface area contributed by atoms with E-state index in [9.17, 15) is 13.2 Å². The van der Waals surface area contributed by atoms with Gasteiger partial charge < -0.3 is 19.8 Å². The van der Waals surface area contributed by atoms with Gasteiger partial charge in [-0.3, -0.25) is 9.52 Å². The Kier molecular flexibility index (Phi) is 5.10. The summed E-state index contributed by atoms with van der Waals surface area (Å²) < 4.78 is 39.4. The summed E-state index contributed by atoms with van der Waals surface area (Å²) in [6.07, 6.45) is 3.61. The molecule has 0 unspecified atom stereocenters. The molecule has 0 bridgehead atoms. The predicted molar refractivity (Wildman–Crippen MR) is 131 cm³/mol. The van der Waals surface area contributed by atoms with Gasteiger partial charge in [-0.05, 0) is 60.4 Å². The molecule has 1 saturated carbocycles. The first-order valence-electron chi connectivity index (χ1n) is 11.3. The summed E-state index contributed by atoms with van der Waals surface area (Å²) in [5.74, 6) is 1.47. The van der Waals surface area contributed by atoms with Crippen LogP contribution in [0.25, 0.3) is 22.2 Å². The molecule has 1 amide bonds. The number of rotatable bonds is 6. The fourth-order valence-corrected chi connectivity index (χ4v) is 5.11. The van der Waals surface area contributed by atoms with Crippen molar-refractivity contribution in [2.75, 3.05) is 23.3 Å². The summed E-state index contributed by atoms with van der Waals surface area (Å²) in [5, 5.41) is 3.80. The Morgan fingerprint density at radius 2 is 1.74 bits per heavy atom. The number of aromatic amines is 1. The van der Waals surface area contributed by atoms with Gasteiger partial charge in [0.25, 0.3) is 10.0 Å². The molecule has 1 aliphatic heterocycles. The fraction of sp³-hybridized carbons (Fsp3) is 0.200. The van der Waals surface area contributed by atoms with Crippen LogP contribution in [0.15, 0.2) is 65.7 Å². The van der Waals surface area contributed by atoms with Crippen LogP contribution < -0.4 is 19.5 Å². The molecule has 0 spiro atoms. The second-order valence-corrected chi connectivity index (χ2v) is 10.2. The van der Waals surface area contributed by atoms with Crippen molar-refractivity contribution in [3.05, 3.63) is 60.8 Å². The van der Waals surface area contributed by atoms with E-state index in [1.165, 1.54) is 12.1 Å². The van der Waals surface area contributed by atoms with E-state index in [-0.39, 0.29) is 16.7 Å². The van der Waals surface area contributed by atoms with Crippen molar-refractivity contribution in [3.63, 3.8) is 0 Å². The maximum atomic E-state index is 12.9. The average molecular weight is 491 g/mol. The number of hydrogen-bond donors (Lipinski definition) is 3. The van der Waals surface area contributed by atoms with E-state index in [1.54, 1.807) is 24.4 Å². The Hall–Kier alpha value is -4.05. The van der Waals surface area contributed by atoms with E-state index in [0.29, 0.717) is 41.9 Å². The zero-order valence-corrected chi connectivity index (χ0v) is 19.4. The van der Waals surface area contributed by atoms with E-state index < -0.39 is 10.0 Å². The van der Waals surface area contributed by atoms with Crippen LogP contribution in [-0.4, -0.2) is 37.5 Å². The Balaban J connectivity index is 1.26. The molecule has 2 aromatic heterocycles. The van der Waals surface area contributed by atoms with Crippen LogP contribution in [0.2, 0.25) is 0 Å². The van der Waals surface area contributed by atoms with Crippen molar-refractivity contribution < 1.29 is 22.7 Å². The van der Waals surface area contributed by atoms with Gasteiger partial charge in [0, 0.05) is 29.3 Å². The maximum absolute atomic E-state index is 12.9. The lowest BCUT2D eigenvalue weighted by Gasteiger charge is -2.19. The number of H-pyrrole nitrogens is 1. The number of pyridine rings is 1. The van der Waals surface area contributed by atoms with Crippen LogP contribution in [0.3, 0.4) is 0 Å². The largest absolute Gasteiger partial charge is 0.486 e. The number of nitrogens with one attached hydrogen (secondary N) is 3. The Morgan fingerprint density at radius 1 is 0.971 bits per heavy atom. The number of nitrogens with zero attached hydrogens (tertiary/aromatic N) is 1. The van der Waals surface area contributed by atoms with Crippen LogP contribution in [0.1, 0.15) is 12.8 Å². The highest BCUT2D eigenvalue weighted by Gasteiger charge is 2.30. The zero-order chi connectivity index (χ0) is 24.0. The van der Waals surface area contributed by atoms with Crippen molar-refractivity contribution in [1.82, 2.24) is 9.97 Å². The van der Waals surface area contributed by atoms with Gasteiger partial charge in [0.05, 0.1) is 4.90 Å². The van der Waals surface area contributed by atoms with Gasteiger partial charge in [-0.1, -0.05) is 12.1 Å². The first-order chi connectivity index (χ1) is 17.0. The summed E-state index contributed by atoms with van der Waals surface area (Å²) in [5.41, 5.74) is 2.83. The first-order valence-corrected chi connectivity index (χ1v) is 12.8. The van der Waals surface area contributed by atoms with Crippen molar-refractivity contribution in [3.8, 4) is 22.6 Å². The molecule has 3 N–H and O–H groups in total. The van der Waals surface area contributed by atoms with Crippen LogP contribution in [-0.2, 0) is 14.8 Å². The van der Waals surface area contributed by atoms with Gasteiger partial charge in [-0.15, -0.1) is 0 Å². The summed E-state index contributed by atoms with van der Waals surface area (Å²) in [6.45, 7) is 0.811. The number of fused-ring (bicyclic) bond motifs is 2. The Labute approximate surface area is 201 Å². The van der Waals surface area contributed by atoms with Gasteiger partial charge >= 0.3 is 0 Å². The van der Waals surface area contributed by atoms with E-state index >= 15 is 0 Å². The molecular weight excluding hydrogens is 468 g/mol. The van der Waals surface area contributed by atoms with Crippen molar-refractivity contribution in [2.45, 2.75) is 17.7 Å². The second kappa shape index (κ2) is 8.31. The third-order valence-electron chi connectivity index (χ3n) is 6.00. The molecule has 1 fully saturated rings. The van der Waals surface area contributed by atoms with Gasteiger partial charge in [0.15, 0.2) is 11.5 Å². The van der Waals surface area contributed by atoms with Gasteiger partial charge in [0.1, 0.15) is 24.7 Å². The van der Waals surface area contributed by atoms with Crippen molar-refractivity contribution >= 4 is 38.5 Å². The lowest BCUT2D eigenvalue weighted by atomic mass is 10.0. The SMILES string of the molecule is O=C(Nc1cc(-c2ccc(NS(=O)(=O)c3ccc4c(c3)OCCO4)cc2)c2cc[nH]c2n1)C1CC1. The number of anilines is 2. The number of ether oxygens (including phenoxy) is 2. The highest BCUT2D eigenvalue weighted by Crippen LogP contribution is 2.35. The molecule has 3 heterocycles. The summed E-state index contributed by atoms with van der Waals surface area (Å²) in [4.78, 5) is 19.9. The Bertz CT molecular complexity index is 1540. The van der Waals surface area contributed by atoms with Gasteiger partial charge in [-0.25, -0.2) is 13.4 Å². The number of benzene rings is 2. The van der Waals surface area contributed by atoms with E-state index in [4.69, 9.17) is 9.47 Å². The number of carbonyl (C=O) groups excluding carboxylic acids is 1. The molecule has 0 atom stereocenters. The zero-order valence-electron chi connectivity index (χ0n) is 18.6. The lowest BCUT2D eigenvalue weighted by Crippen LogP contribution is -2.17.